The van der Waals surface area contributed by atoms with Crippen LogP contribution in [-0.4, -0.2) is 36.7 Å². The lowest BCUT2D eigenvalue weighted by atomic mass is 10.1. The van der Waals surface area contributed by atoms with E-state index in [2.05, 4.69) is 0 Å². The summed E-state index contributed by atoms with van der Waals surface area (Å²) in [4.78, 5) is 14.6. The van der Waals surface area contributed by atoms with Gasteiger partial charge in [-0.25, -0.2) is 0 Å². The number of aryl methyl sites for hydroxylation is 1. The first kappa shape index (κ1) is 22.6. The number of alkyl halides is 3. The van der Waals surface area contributed by atoms with Crippen LogP contribution in [0.15, 0.2) is 48.5 Å². The molecule has 2 aromatic rings. The number of hydrogen-bond donors (Lipinski definition) is 0. The summed E-state index contributed by atoms with van der Waals surface area (Å²) in [6, 6.07) is 14.5. The van der Waals surface area contributed by atoms with E-state index in [0.717, 1.165) is 11.1 Å². The van der Waals surface area contributed by atoms with Crippen molar-refractivity contribution >= 4 is 5.91 Å². The van der Waals surface area contributed by atoms with E-state index in [1.54, 1.807) is 12.1 Å². The van der Waals surface area contributed by atoms with Gasteiger partial charge in [0.1, 0.15) is 0 Å². The van der Waals surface area contributed by atoms with Crippen molar-refractivity contribution in [1.82, 2.24) is 4.90 Å². The van der Waals surface area contributed by atoms with Crippen molar-refractivity contribution in [1.29, 1.82) is 0 Å². The molecule has 7 heteroatoms. The van der Waals surface area contributed by atoms with Gasteiger partial charge in [0, 0.05) is 19.0 Å². The molecule has 0 N–H and O–H groups in total. The Bertz CT molecular complexity index is 792. The summed E-state index contributed by atoms with van der Waals surface area (Å²) in [6.07, 6.45) is -3.68. The SMILES string of the molecule is COc1cc(CCC(=O)N(Cc2ccccc2)C(C)C)ccc1OCC(F)(F)F. The molecule has 1 amide bonds. The first-order valence-electron chi connectivity index (χ1n) is 9.39. The second-order valence-corrected chi connectivity index (χ2v) is 6.99. The van der Waals surface area contributed by atoms with Crippen molar-refractivity contribution in [3.63, 3.8) is 0 Å². The van der Waals surface area contributed by atoms with Crippen molar-refractivity contribution in [2.75, 3.05) is 13.7 Å². The molecule has 0 aliphatic heterocycles. The highest BCUT2D eigenvalue weighted by molar-refractivity contribution is 5.76. The number of carbonyl (C=O) groups excluding carboxylic acids is 1. The van der Waals surface area contributed by atoms with Gasteiger partial charge in [-0.2, -0.15) is 13.2 Å². The van der Waals surface area contributed by atoms with E-state index in [1.807, 2.05) is 49.1 Å². The summed E-state index contributed by atoms with van der Waals surface area (Å²) >= 11 is 0. The van der Waals surface area contributed by atoms with Crippen molar-refractivity contribution in [3.8, 4) is 11.5 Å². The first-order chi connectivity index (χ1) is 13.7. The quantitative estimate of drug-likeness (QED) is 0.585. The van der Waals surface area contributed by atoms with Gasteiger partial charge >= 0.3 is 6.18 Å². The Kier molecular flexibility index (Phi) is 7.93. The summed E-state index contributed by atoms with van der Waals surface area (Å²) < 4.78 is 47.0. The Morgan fingerprint density at radius 3 is 2.31 bits per heavy atom. The molecule has 0 aromatic heterocycles. The number of amides is 1. The van der Waals surface area contributed by atoms with Crippen LogP contribution in [0.2, 0.25) is 0 Å². The van der Waals surface area contributed by atoms with Crippen molar-refractivity contribution < 1.29 is 27.4 Å². The van der Waals surface area contributed by atoms with Crippen LogP contribution in [0, 0.1) is 0 Å². The standard InChI is InChI=1S/C22H26F3NO3/c1-16(2)26(14-18-7-5-4-6-8-18)21(27)12-10-17-9-11-19(20(13-17)28-3)29-15-22(23,24)25/h4-9,11,13,16H,10,12,14-15H2,1-3H3. The molecular weight excluding hydrogens is 383 g/mol. The van der Waals surface area contributed by atoms with Gasteiger partial charge in [-0.3, -0.25) is 4.79 Å². The molecule has 0 bridgehead atoms. The minimum atomic E-state index is -4.42. The Morgan fingerprint density at radius 1 is 1.03 bits per heavy atom. The third-order valence-electron chi connectivity index (χ3n) is 4.39. The molecule has 0 unspecified atom stereocenters. The third-order valence-corrected chi connectivity index (χ3v) is 4.39. The van der Waals surface area contributed by atoms with E-state index in [-0.39, 0.29) is 29.9 Å². The summed E-state index contributed by atoms with van der Waals surface area (Å²) in [7, 11) is 1.37. The van der Waals surface area contributed by atoms with Crippen molar-refractivity contribution in [2.45, 2.75) is 45.5 Å². The Morgan fingerprint density at radius 2 is 1.72 bits per heavy atom. The van der Waals surface area contributed by atoms with Crippen LogP contribution in [0.25, 0.3) is 0 Å². The van der Waals surface area contributed by atoms with E-state index in [4.69, 9.17) is 9.47 Å². The zero-order chi connectivity index (χ0) is 21.4. The van der Waals surface area contributed by atoms with Crippen LogP contribution in [-0.2, 0) is 17.8 Å². The van der Waals surface area contributed by atoms with Crippen LogP contribution < -0.4 is 9.47 Å². The normalized spacial score (nSPS) is 11.4. The van der Waals surface area contributed by atoms with Gasteiger partial charge in [-0.15, -0.1) is 0 Å². The number of rotatable bonds is 9. The van der Waals surface area contributed by atoms with Crippen LogP contribution in [0.4, 0.5) is 13.2 Å². The monoisotopic (exact) mass is 409 g/mol. The molecule has 0 atom stereocenters. The van der Waals surface area contributed by atoms with Gasteiger partial charge in [-0.05, 0) is 43.5 Å². The van der Waals surface area contributed by atoms with Crippen LogP contribution in [0.5, 0.6) is 11.5 Å². The average molecular weight is 409 g/mol. The minimum Gasteiger partial charge on any atom is -0.493 e. The average Bonchev–Trinajstić information content (AvgIpc) is 2.68. The molecule has 0 radical (unpaired) electrons. The zero-order valence-corrected chi connectivity index (χ0v) is 16.8. The maximum atomic E-state index is 12.7. The fourth-order valence-electron chi connectivity index (χ4n) is 2.88. The molecule has 0 saturated heterocycles. The molecular formula is C22H26F3NO3. The van der Waals surface area contributed by atoms with Gasteiger partial charge < -0.3 is 14.4 Å². The predicted octanol–water partition coefficient (Wildman–Crippen LogP) is 5.01. The maximum absolute atomic E-state index is 12.7. The topological polar surface area (TPSA) is 38.8 Å². The zero-order valence-electron chi connectivity index (χ0n) is 16.8. The lowest BCUT2D eigenvalue weighted by Crippen LogP contribution is -2.36. The number of hydrogen-bond acceptors (Lipinski definition) is 3. The second-order valence-electron chi connectivity index (χ2n) is 6.99. The Balaban J connectivity index is 2.00. The van der Waals surface area contributed by atoms with E-state index in [0.29, 0.717) is 13.0 Å². The maximum Gasteiger partial charge on any atom is 0.422 e. The third kappa shape index (κ3) is 7.33. The molecule has 0 aliphatic carbocycles. The number of carbonyl (C=O) groups is 1. The number of methoxy groups -OCH3 is 1. The first-order valence-corrected chi connectivity index (χ1v) is 9.39. The van der Waals surface area contributed by atoms with E-state index >= 15 is 0 Å². The predicted molar refractivity (Wildman–Crippen MR) is 105 cm³/mol. The highest BCUT2D eigenvalue weighted by atomic mass is 19.4. The minimum absolute atomic E-state index is 0.0141. The smallest absolute Gasteiger partial charge is 0.422 e. The van der Waals surface area contributed by atoms with Gasteiger partial charge in [0.15, 0.2) is 18.1 Å². The van der Waals surface area contributed by atoms with E-state index in [9.17, 15) is 18.0 Å². The molecule has 2 aromatic carbocycles. The number of halogens is 3. The van der Waals surface area contributed by atoms with E-state index in [1.165, 1.54) is 13.2 Å². The Labute approximate surface area is 169 Å². The van der Waals surface area contributed by atoms with Gasteiger partial charge in [-0.1, -0.05) is 36.4 Å². The number of ether oxygens (including phenoxy) is 2. The summed E-state index contributed by atoms with van der Waals surface area (Å²) in [6.45, 7) is 3.09. The molecule has 0 fully saturated rings. The molecule has 4 nitrogen and oxygen atoms in total. The van der Waals surface area contributed by atoms with Gasteiger partial charge in [0.2, 0.25) is 5.91 Å². The van der Waals surface area contributed by atoms with Crippen LogP contribution >= 0.6 is 0 Å². The lowest BCUT2D eigenvalue weighted by molar-refractivity contribution is -0.153. The van der Waals surface area contributed by atoms with Crippen LogP contribution in [0.1, 0.15) is 31.4 Å². The fourth-order valence-corrected chi connectivity index (χ4v) is 2.88. The molecule has 29 heavy (non-hydrogen) atoms. The summed E-state index contributed by atoms with van der Waals surface area (Å²) in [5.74, 6) is 0.247. The molecule has 158 valence electrons. The van der Waals surface area contributed by atoms with Crippen molar-refractivity contribution in [2.24, 2.45) is 0 Å². The van der Waals surface area contributed by atoms with Crippen LogP contribution in [0.3, 0.4) is 0 Å². The second kappa shape index (κ2) is 10.2. The molecule has 0 spiro atoms. The summed E-state index contributed by atoms with van der Waals surface area (Å²) in [5.41, 5.74) is 1.85. The molecule has 0 aliphatic rings. The van der Waals surface area contributed by atoms with E-state index < -0.39 is 12.8 Å². The Hall–Kier alpha value is -2.70. The fraction of sp³-hybridized carbons (Fsp3) is 0.409. The highest BCUT2D eigenvalue weighted by Crippen LogP contribution is 2.30. The molecule has 0 heterocycles. The largest absolute Gasteiger partial charge is 0.493 e. The van der Waals surface area contributed by atoms with Gasteiger partial charge in [0.25, 0.3) is 0 Å². The molecule has 0 saturated carbocycles. The highest BCUT2D eigenvalue weighted by Gasteiger charge is 2.29. The number of benzene rings is 2. The number of nitrogens with zero attached hydrogens (tertiary/aromatic N) is 1. The van der Waals surface area contributed by atoms with Gasteiger partial charge in [0.05, 0.1) is 7.11 Å². The summed E-state index contributed by atoms with van der Waals surface area (Å²) in [5, 5.41) is 0. The molecule has 2 rings (SSSR count). The van der Waals surface area contributed by atoms with Crippen molar-refractivity contribution in [3.05, 3.63) is 59.7 Å². The lowest BCUT2D eigenvalue weighted by Gasteiger charge is -2.27.